The van der Waals surface area contributed by atoms with Gasteiger partial charge in [-0.15, -0.1) is 0 Å². The van der Waals surface area contributed by atoms with Crippen molar-refractivity contribution in [2.75, 3.05) is 13.7 Å². The minimum Gasteiger partial charge on any atom is -0.497 e. The highest BCUT2D eigenvalue weighted by Gasteiger charge is 2.13. The third kappa shape index (κ3) is 3.98. The van der Waals surface area contributed by atoms with E-state index in [1.807, 2.05) is 61.5 Å². The highest BCUT2D eigenvalue weighted by Crippen LogP contribution is 2.22. The minimum atomic E-state index is -0.317. The van der Waals surface area contributed by atoms with Crippen LogP contribution in [0.25, 0.3) is 11.6 Å². The molecule has 3 heteroatoms. The summed E-state index contributed by atoms with van der Waals surface area (Å²) in [6.07, 6.45) is 1.84. The van der Waals surface area contributed by atoms with Crippen LogP contribution in [0.2, 0.25) is 0 Å². The fourth-order valence-electron chi connectivity index (χ4n) is 2.07. The van der Waals surface area contributed by atoms with Crippen LogP contribution in [0.5, 0.6) is 5.75 Å². The summed E-state index contributed by atoms with van der Waals surface area (Å²) in [5.41, 5.74) is 3.47. The minimum absolute atomic E-state index is 0.317. The summed E-state index contributed by atoms with van der Waals surface area (Å²) in [7, 11) is 1.63. The Morgan fingerprint density at radius 1 is 1.05 bits per heavy atom. The van der Waals surface area contributed by atoms with E-state index in [0.29, 0.717) is 12.2 Å². The van der Waals surface area contributed by atoms with Crippen molar-refractivity contribution in [2.24, 2.45) is 0 Å². The molecule has 0 saturated carbocycles. The maximum absolute atomic E-state index is 12.2. The average molecular weight is 296 g/mol. The number of esters is 1. The molecule has 0 spiro atoms. The molecule has 0 atom stereocenters. The van der Waals surface area contributed by atoms with E-state index in [2.05, 4.69) is 0 Å². The molecule has 0 N–H and O–H groups in total. The van der Waals surface area contributed by atoms with Crippen molar-refractivity contribution >= 4 is 17.6 Å². The van der Waals surface area contributed by atoms with Gasteiger partial charge in [-0.1, -0.05) is 42.0 Å². The molecule has 0 radical (unpaired) electrons. The lowest BCUT2D eigenvalue weighted by Crippen LogP contribution is -2.06. The number of methoxy groups -OCH3 is 1. The molecule has 2 rings (SSSR count). The third-order valence-corrected chi connectivity index (χ3v) is 3.28. The van der Waals surface area contributed by atoms with Gasteiger partial charge in [0.25, 0.3) is 0 Å². The van der Waals surface area contributed by atoms with Gasteiger partial charge in [0.15, 0.2) is 0 Å². The smallest absolute Gasteiger partial charge is 0.338 e. The summed E-state index contributed by atoms with van der Waals surface area (Å²) in [6, 6.07) is 15.4. The molecule has 0 heterocycles. The molecule has 3 nitrogen and oxygen atoms in total. The Labute approximate surface area is 131 Å². The summed E-state index contributed by atoms with van der Waals surface area (Å²) >= 11 is 0. The molecule has 0 amide bonds. The number of rotatable bonds is 5. The van der Waals surface area contributed by atoms with Crippen LogP contribution in [-0.4, -0.2) is 19.7 Å². The van der Waals surface area contributed by atoms with E-state index in [1.54, 1.807) is 14.0 Å². The van der Waals surface area contributed by atoms with Gasteiger partial charge in [0.1, 0.15) is 5.75 Å². The molecule has 2 aromatic rings. The second-order valence-electron chi connectivity index (χ2n) is 4.92. The number of hydrogen-bond donors (Lipinski definition) is 0. The summed E-state index contributed by atoms with van der Waals surface area (Å²) < 4.78 is 10.3. The highest BCUT2D eigenvalue weighted by atomic mass is 16.5. The largest absolute Gasteiger partial charge is 0.497 e. The van der Waals surface area contributed by atoms with Gasteiger partial charge in [-0.05, 0) is 43.2 Å². The van der Waals surface area contributed by atoms with E-state index in [9.17, 15) is 4.79 Å². The Morgan fingerprint density at radius 2 is 1.68 bits per heavy atom. The van der Waals surface area contributed by atoms with E-state index in [1.165, 1.54) is 0 Å². The van der Waals surface area contributed by atoms with Crippen LogP contribution < -0.4 is 4.74 Å². The van der Waals surface area contributed by atoms with Crippen molar-refractivity contribution in [3.63, 3.8) is 0 Å². The van der Waals surface area contributed by atoms with Crippen molar-refractivity contribution in [1.82, 2.24) is 0 Å². The average Bonchev–Trinajstić information content (AvgIpc) is 2.54. The first kappa shape index (κ1) is 15.8. The second kappa shape index (κ2) is 7.46. The van der Waals surface area contributed by atoms with Gasteiger partial charge >= 0.3 is 5.97 Å². The number of ether oxygens (including phenoxy) is 2. The first-order valence-corrected chi connectivity index (χ1v) is 7.24. The summed E-state index contributed by atoms with van der Waals surface area (Å²) in [5, 5.41) is 0. The van der Waals surface area contributed by atoms with E-state index in [-0.39, 0.29) is 5.97 Å². The summed E-state index contributed by atoms with van der Waals surface area (Å²) in [6.45, 7) is 4.17. The number of aryl methyl sites for hydroxylation is 1. The molecular weight excluding hydrogens is 276 g/mol. The topological polar surface area (TPSA) is 35.5 Å². The molecule has 114 valence electrons. The quantitative estimate of drug-likeness (QED) is 0.473. The maximum atomic E-state index is 12.2. The monoisotopic (exact) mass is 296 g/mol. The standard InChI is InChI=1S/C19H20O3/c1-4-22-19(20)18(16-9-5-14(2)6-10-16)13-15-7-11-17(21-3)12-8-15/h5-13H,4H2,1-3H3. The van der Waals surface area contributed by atoms with Crippen molar-refractivity contribution in [1.29, 1.82) is 0 Å². The lowest BCUT2D eigenvalue weighted by atomic mass is 10.0. The highest BCUT2D eigenvalue weighted by molar-refractivity contribution is 6.21. The van der Waals surface area contributed by atoms with Crippen LogP contribution in [0.3, 0.4) is 0 Å². The molecule has 0 fully saturated rings. The Bertz CT molecular complexity index is 652. The van der Waals surface area contributed by atoms with Gasteiger partial charge in [0.05, 0.1) is 19.3 Å². The van der Waals surface area contributed by atoms with Gasteiger partial charge < -0.3 is 9.47 Å². The van der Waals surface area contributed by atoms with Gasteiger partial charge in [-0.2, -0.15) is 0 Å². The molecule has 0 saturated heterocycles. The Kier molecular flexibility index (Phi) is 5.37. The van der Waals surface area contributed by atoms with Crippen molar-refractivity contribution < 1.29 is 14.3 Å². The number of hydrogen-bond acceptors (Lipinski definition) is 3. The van der Waals surface area contributed by atoms with E-state index < -0.39 is 0 Å². The molecule has 2 aromatic carbocycles. The van der Waals surface area contributed by atoms with E-state index >= 15 is 0 Å². The lowest BCUT2D eigenvalue weighted by Gasteiger charge is -2.08. The Balaban J connectivity index is 2.40. The zero-order valence-electron chi connectivity index (χ0n) is 13.1. The number of carbonyl (C=O) groups excluding carboxylic acids is 1. The van der Waals surface area contributed by atoms with Crippen LogP contribution in [0.1, 0.15) is 23.6 Å². The van der Waals surface area contributed by atoms with Crippen LogP contribution >= 0.6 is 0 Å². The second-order valence-corrected chi connectivity index (χ2v) is 4.92. The first-order chi connectivity index (χ1) is 10.6. The maximum Gasteiger partial charge on any atom is 0.338 e. The van der Waals surface area contributed by atoms with Crippen LogP contribution in [0.15, 0.2) is 48.5 Å². The van der Waals surface area contributed by atoms with Crippen LogP contribution in [-0.2, 0) is 9.53 Å². The molecular formula is C19H20O3. The SMILES string of the molecule is CCOC(=O)C(=Cc1ccc(OC)cc1)c1ccc(C)cc1. The molecule has 0 unspecified atom stereocenters. The van der Waals surface area contributed by atoms with E-state index in [0.717, 1.165) is 22.4 Å². The molecule has 0 aromatic heterocycles. The van der Waals surface area contributed by atoms with Crippen molar-refractivity contribution in [2.45, 2.75) is 13.8 Å². The first-order valence-electron chi connectivity index (χ1n) is 7.24. The van der Waals surface area contributed by atoms with Crippen molar-refractivity contribution in [3.8, 4) is 5.75 Å². The molecule has 22 heavy (non-hydrogen) atoms. The lowest BCUT2D eigenvalue weighted by molar-refractivity contribution is -0.136. The fourth-order valence-corrected chi connectivity index (χ4v) is 2.07. The van der Waals surface area contributed by atoms with Crippen LogP contribution in [0.4, 0.5) is 0 Å². The van der Waals surface area contributed by atoms with Crippen molar-refractivity contribution in [3.05, 3.63) is 65.2 Å². The molecule has 0 bridgehead atoms. The molecule has 0 aliphatic rings. The molecule has 0 aliphatic heterocycles. The zero-order valence-corrected chi connectivity index (χ0v) is 13.1. The van der Waals surface area contributed by atoms with Gasteiger partial charge in [0.2, 0.25) is 0 Å². The normalized spacial score (nSPS) is 11.1. The van der Waals surface area contributed by atoms with Gasteiger partial charge in [0, 0.05) is 0 Å². The summed E-state index contributed by atoms with van der Waals surface area (Å²) in [4.78, 5) is 12.2. The predicted molar refractivity (Wildman–Crippen MR) is 88.7 cm³/mol. The zero-order chi connectivity index (χ0) is 15.9. The van der Waals surface area contributed by atoms with Gasteiger partial charge in [-0.25, -0.2) is 4.79 Å². The summed E-state index contributed by atoms with van der Waals surface area (Å²) in [5.74, 6) is 0.465. The Morgan fingerprint density at radius 3 is 2.23 bits per heavy atom. The predicted octanol–water partition coefficient (Wildman–Crippen LogP) is 4.11. The third-order valence-electron chi connectivity index (χ3n) is 3.28. The Hall–Kier alpha value is -2.55. The van der Waals surface area contributed by atoms with Crippen LogP contribution in [0, 0.1) is 6.92 Å². The number of benzene rings is 2. The van der Waals surface area contributed by atoms with Gasteiger partial charge in [-0.3, -0.25) is 0 Å². The number of carbonyl (C=O) groups is 1. The fraction of sp³-hybridized carbons (Fsp3) is 0.211. The van der Waals surface area contributed by atoms with E-state index in [4.69, 9.17) is 9.47 Å². The molecule has 0 aliphatic carbocycles.